The van der Waals surface area contributed by atoms with Crippen LogP contribution in [-0.2, 0) is 11.3 Å². The van der Waals surface area contributed by atoms with E-state index in [0.717, 1.165) is 30.4 Å². The summed E-state index contributed by atoms with van der Waals surface area (Å²) in [7, 11) is 0. The molecule has 0 aliphatic carbocycles. The number of hydrogen-bond acceptors (Lipinski definition) is 2. The molecule has 1 fully saturated rings. The number of carbonyl (C=O) groups excluding carboxylic acids is 1. The number of nitrogens with zero attached hydrogens (tertiary/aromatic N) is 1. The van der Waals surface area contributed by atoms with E-state index in [1.807, 2.05) is 24.3 Å². The first-order chi connectivity index (χ1) is 7.83. The number of amides is 1. The second kappa shape index (κ2) is 5.12. The third kappa shape index (κ3) is 2.25. The fourth-order valence-corrected chi connectivity index (χ4v) is 1.93. The van der Waals surface area contributed by atoms with Crippen LogP contribution in [0.1, 0.15) is 35.7 Å². The molecule has 16 heavy (non-hydrogen) atoms. The Labute approximate surface area is 96.0 Å². The van der Waals surface area contributed by atoms with Gasteiger partial charge in [-0.1, -0.05) is 25.1 Å². The maximum atomic E-state index is 12.2. The first kappa shape index (κ1) is 11.1. The van der Waals surface area contributed by atoms with E-state index in [2.05, 4.69) is 6.92 Å². The lowest BCUT2D eigenvalue weighted by Gasteiger charge is -2.26. The summed E-state index contributed by atoms with van der Waals surface area (Å²) in [4.78, 5) is 17.6. The zero-order valence-electron chi connectivity index (χ0n) is 9.61. The Morgan fingerprint density at radius 2 is 2.19 bits per heavy atom. The smallest absolute Gasteiger partial charge is 0.271 e. The fourth-order valence-electron chi connectivity index (χ4n) is 1.93. The molecule has 1 aromatic carbocycles. The molecule has 0 bridgehead atoms. The number of hydrogen-bond donors (Lipinski definition) is 0. The second-order valence-electron chi connectivity index (χ2n) is 3.96. The number of benzene rings is 1. The Hall–Kier alpha value is -1.35. The van der Waals surface area contributed by atoms with Crippen LogP contribution in [-0.4, -0.2) is 24.1 Å². The zero-order chi connectivity index (χ0) is 11.4. The van der Waals surface area contributed by atoms with E-state index < -0.39 is 0 Å². The summed E-state index contributed by atoms with van der Waals surface area (Å²) in [6.07, 6.45) is 2.94. The molecule has 1 aromatic rings. The van der Waals surface area contributed by atoms with Gasteiger partial charge in [-0.25, -0.2) is 5.06 Å². The predicted octanol–water partition coefficient (Wildman–Crippen LogP) is 2.42. The van der Waals surface area contributed by atoms with Crippen molar-refractivity contribution in [3.8, 4) is 0 Å². The van der Waals surface area contributed by atoms with Crippen LogP contribution in [0.3, 0.4) is 0 Å². The summed E-state index contributed by atoms with van der Waals surface area (Å²) >= 11 is 0. The van der Waals surface area contributed by atoms with Gasteiger partial charge in [0.1, 0.15) is 0 Å². The van der Waals surface area contributed by atoms with Crippen LogP contribution in [0.2, 0.25) is 0 Å². The molecule has 1 aliphatic heterocycles. The fraction of sp³-hybridized carbons (Fsp3) is 0.462. The predicted molar refractivity (Wildman–Crippen MR) is 62.0 cm³/mol. The van der Waals surface area contributed by atoms with Gasteiger partial charge in [0, 0.05) is 12.1 Å². The Balaban J connectivity index is 2.19. The van der Waals surface area contributed by atoms with Crippen molar-refractivity contribution < 1.29 is 9.63 Å². The van der Waals surface area contributed by atoms with Gasteiger partial charge in [-0.15, -0.1) is 0 Å². The Morgan fingerprint density at radius 3 is 2.88 bits per heavy atom. The lowest BCUT2D eigenvalue weighted by Crippen LogP contribution is -2.36. The first-order valence-electron chi connectivity index (χ1n) is 5.85. The van der Waals surface area contributed by atoms with Crippen molar-refractivity contribution in [1.82, 2.24) is 5.06 Å². The van der Waals surface area contributed by atoms with E-state index in [1.54, 1.807) is 0 Å². The highest BCUT2D eigenvalue weighted by Crippen LogP contribution is 2.15. The largest absolute Gasteiger partial charge is 0.277 e. The molecule has 0 unspecified atom stereocenters. The summed E-state index contributed by atoms with van der Waals surface area (Å²) in [6.45, 7) is 3.42. The maximum Gasteiger partial charge on any atom is 0.277 e. The van der Waals surface area contributed by atoms with Crippen molar-refractivity contribution in [3.05, 3.63) is 35.4 Å². The normalized spacial score (nSPS) is 16.2. The molecule has 0 radical (unpaired) electrons. The van der Waals surface area contributed by atoms with E-state index >= 15 is 0 Å². The highest BCUT2D eigenvalue weighted by Gasteiger charge is 2.20. The Kier molecular flexibility index (Phi) is 3.57. The minimum absolute atomic E-state index is 0.00264. The molecular weight excluding hydrogens is 202 g/mol. The molecule has 0 N–H and O–H groups in total. The molecule has 2 rings (SSSR count). The van der Waals surface area contributed by atoms with E-state index in [1.165, 1.54) is 5.06 Å². The monoisotopic (exact) mass is 219 g/mol. The van der Waals surface area contributed by atoms with Crippen molar-refractivity contribution in [1.29, 1.82) is 0 Å². The van der Waals surface area contributed by atoms with Crippen molar-refractivity contribution in [2.75, 3.05) is 13.2 Å². The number of carbonyl (C=O) groups is 1. The molecule has 3 heteroatoms. The SMILES string of the molecule is CCc1ccccc1C(=O)N1CCCCO1. The molecule has 0 saturated carbocycles. The maximum absolute atomic E-state index is 12.2. The topological polar surface area (TPSA) is 29.5 Å². The second-order valence-corrected chi connectivity index (χ2v) is 3.96. The molecule has 3 nitrogen and oxygen atoms in total. The third-order valence-electron chi connectivity index (χ3n) is 2.86. The lowest BCUT2D eigenvalue weighted by molar-refractivity contribution is -0.144. The van der Waals surface area contributed by atoms with E-state index in [-0.39, 0.29) is 5.91 Å². The summed E-state index contributed by atoms with van der Waals surface area (Å²) in [5.41, 5.74) is 1.86. The molecule has 1 heterocycles. The average molecular weight is 219 g/mol. The number of hydroxylamine groups is 2. The van der Waals surface area contributed by atoms with Gasteiger partial charge >= 0.3 is 0 Å². The molecule has 0 aromatic heterocycles. The summed E-state index contributed by atoms with van der Waals surface area (Å²) in [6, 6.07) is 7.74. The zero-order valence-corrected chi connectivity index (χ0v) is 9.61. The molecule has 86 valence electrons. The van der Waals surface area contributed by atoms with Crippen LogP contribution in [0, 0.1) is 0 Å². The average Bonchev–Trinajstić information content (AvgIpc) is 2.39. The van der Waals surface area contributed by atoms with Gasteiger partial charge in [-0.2, -0.15) is 0 Å². The van der Waals surface area contributed by atoms with Crippen molar-refractivity contribution >= 4 is 5.91 Å². The highest BCUT2D eigenvalue weighted by molar-refractivity contribution is 5.95. The van der Waals surface area contributed by atoms with Crippen molar-refractivity contribution in [2.45, 2.75) is 26.2 Å². The molecular formula is C13H17NO2. The van der Waals surface area contributed by atoms with Crippen LogP contribution < -0.4 is 0 Å². The van der Waals surface area contributed by atoms with Crippen LogP contribution >= 0.6 is 0 Å². The highest BCUT2D eigenvalue weighted by atomic mass is 16.7. The Morgan fingerprint density at radius 1 is 1.38 bits per heavy atom. The summed E-state index contributed by atoms with van der Waals surface area (Å²) in [5.74, 6) is -0.00264. The van der Waals surface area contributed by atoms with Gasteiger partial charge in [0.15, 0.2) is 0 Å². The van der Waals surface area contributed by atoms with Crippen molar-refractivity contribution in [2.24, 2.45) is 0 Å². The summed E-state index contributed by atoms with van der Waals surface area (Å²) < 4.78 is 0. The van der Waals surface area contributed by atoms with Crippen LogP contribution in [0.25, 0.3) is 0 Å². The molecule has 0 atom stereocenters. The standard InChI is InChI=1S/C13H17NO2/c1-2-11-7-3-4-8-12(11)13(15)14-9-5-6-10-16-14/h3-4,7-8H,2,5-6,9-10H2,1H3. The van der Waals surface area contributed by atoms with Gasteiger partial charge in [-0.3, -0.25) is 9.63 Å². The van der Waals surface area contributed by atoms with Gasteiger partial charge in [0.05, 0.1) is 6.61 Å². The number of aryl methyl sites for hydroxylation is 1. The van der Waals surface area contributed by atoms with E-state index in [0.29, 0.717) is 13.2 Å². The molecule has 1 aliphatic rings. The third-order valence-corrected chi connectivity index (χ3v) is 2.86. The molecule has 0 spiro atoms. The van der Waals surface area contributed by atoms with Gasteiger partial charge in [0.2, 0.25) is 0 Å². The van der Waals surface area contributed by atoms with Crippen LogP contribution in [0.5, 0.6) is 0 Å². The first-order valence-corrected chi connectivity index (χ1v) is 5.85. The molecule has 1 saturated heterocycles. The quantitative estimate of drug-likeness (QED) is 0.764. The minimum atomic E-state index is -0.00264. The Bertz CT molecular complexity index is 370. The van der Waals surface area contributed by atoms with Crippen molar-refractivity contribution in [3.63, 3.8) is 0 Å². The molecule has 1 amide bonds. The van der Waals surface area contributed by atoms with E-state index in [9.17, 15) is 4.79 Å². The lowest BCUT2D eigenvalue weighted by atomic mass is 10.0. The van der Waals surface area contributed by atoms with Gasteiger partial charge in [-0.05, 0) is 30.9 Å². The van der Waals surface area contributed by atoms with Gasteiger partial charge < -0.3 is 0 Å². The summed E-state index contributed by atoms with van der Waals surface area (Å²) in [5, 5.41) is 1.50. The van der Waals surface area contributed by atoms with Crippen LogP contribution in [0.4, 0.5) is 0 Å². The van der Waals surface area contributed by atoms with Gasteiger partial charge in [0.25, 0.3) is 5.91 Å². The number of rotatable bonds is 2. The van der Waals surface area contributed by atoms with E-state index in [4.69, 9.17) is 4.84 Å². The minimum Gasteiger partial charge on any atom is -0.271 e. The van der Waals surface area contributed by atoms with Crippen LogP contribution in [0.15, 0.2) is 24.3 Å².